The Balaban J connectivity index is 2.72. The van der Waals surface area contributed by atoms with Crippen LogP contribution in [0.25, 0.3) is 11.0 Å². The minimum Gasteiger partial charge on any atom is -0.385 e. The first kappa shape index (κ1) is 9.15. The summed E-state index contributed by atoms with van der Waals surface area (Å²) in [5.74, 6) is 0.704. The van der Waals surface area contributed by atoms with Crippen molar-refractivity contribution in [3.63, 3.8) is 0 Å². The van der Waals surface area contributed by atoms with Crippen molar-refractivity contribution < 1.29 is 5.11 Å². The van der Waals surface area contributed by atoms with Gasteiger partial charge in [0.05, 0.1) is 11.7 Å². The maximum atomic E-state index is 9.53. The van der Waals surface area contributed by atoms with Crippen LogP contribution in [-0.4, -0.2) is 19.6 Å². The largest absolute Gasteiger partial charge is 0.385 e. The van der Waals surface area contributed by atoms with E-state index in [9.17, 15) is 5.11 Å². The van der Waals surface area contributed by atoms with Crippen molar-refractivity contribution >= 4 is 11.0 Å². The van der Waals surface area contributed by atoms with Gasteiger partial charge in [-0.1, -0.05) is 0 Å². The molecule has 0 aliphatic rings. The lowest BCUT2D eigenvalue weighted by atomic mass is 10.4. The molecule has 0 radical (unpaired) electrons. The zero-order chi connectivity index (χ0) is 10.1. The zero-order valence-electron chi connectivity index (χ0n) is 8.31. The van der Waals surface area contributed by atoms with E-state index >= 15 is 0 Å². The van der Waals surface area contributed by atoms with E-state index in [1.165, 1.54) is 0 Å². The maximum absolute atomic E-state index is 9.53. The van der Waals surface area contributed by atoms with Gasteiger partial charge in [0, 0.05) is 12.7 Å². The third-order valence-corrected chi connectivity index (χ3v) is 2.27. The number of pyridine rings is 1. The fourth-order valence-corrected chi connectivity index (χ4v) is 1.65. The van der Waals surface area contributed by atoms with Crippen LogP contribution in [0.3, 0.4) is 0 Å². The Kier molecular flexibility index (Phi) is 2.21. The Morgan fingerprint density at radius 3 is 3.00 bits per heavy atom. The molecular formula is C10H13N3O. The van der Waals surface area contributed by atoms with E-state index < -0.39 is 6.10 Å². The number of fused-ring (bicyclic) bond motifs is 1. The summed E-state index contributed by atoms with van der Waals surface area (Å²) >= 11 is 0. The van der Waals surface area contributed by atoms with Crippen LogP contribution in [0.4, 0.5) is 0 Å². The second kappa shape index (κ2) is 3.38. The highest BCUT2D eigenvalue weighted by Crippen LogP contribution is 2.19. The summed E-state index contributed by atoms with van der Waals surface area (Å²) in [4.78, 5) is 8.34. The van der Waals surface area contributed by atoms with Crippen LogP contribution >= 0.6 is 0 Å². The Morgan fingerprint density at radius 2 is 2.36 bits per heavy atom. The Hall–Kier alpha value is -1.42. The lowest BCUT2D eigenvalue weighted by Crippen LogP contribution is -2.04. The topological polar surface area (TPSA) is 50.9 Å². The quantitative estimate of drug-likeness (QED) is 0.782. The molecule has 1 unspecified atom stereocenters. The van der Waals surface area contributed by atoms with Crippen LogP contribution in [-0.2, 0) is 6.54 Å². The molecule has 2 heterocycles. The van der Waals surface area contributed by atoms with E-state index in [4.69, 9.17) is 0 Å². The fraction of sp³-hybridized carbons (Fsp3) is 0.400. The molecule has 4 heteroatoms. The summed E-state index contributed by atoms with van der Waals surface area (Å²) in [7, 11) is 0. The number of aliphatic hydroxyl groups is 1. The standard InChI is InChI=1S/C10H13N3O/c1-3-13-9-4-5-11-6-8(9)12-10(13)7(2)14/h4-7,14H,3H2,1-2H3. The molecule has 1 atom stereocenters. The summed E-state index contributed by atoms with van der Waals surface area (Å²) in [5.41, 5.74) is 1.86. The minimum absolute atomic E-state index is 0.539. The van der Waals surface area contributed by atoms with Crippen molar-refractivity contribution in [3.8, 4) is 0 Å². The predicted molar refractivity (Wildman–Crippen MR) is 53.8 cm³/mol. The molecule has 4 nitrogen and oxygen atoms in total. The van der Waals surface area contributed by atoms with Gasteiger partial charge >= 0.3 is 0 Å². The number of imidazole rings is 1. The van der Waals surface area contributed by atoms with Crippen LogP contribution in [0.15, 0.2) is 18.5 Å². The number of nitrogens with zero attached hydrogens (tertiary/aromatic N) is 3. The van der Waals surface area contributed by atoms with Gasteiger partial charge in [0.15, 0.2) is 0 Å². The van der Waals surface area contributed by atoms with Crippen molar-refractivity contribution in [3.05, 3.63) is 24.3 Å². The van der Waals surface area contributed by atoms with Crippen LogP contribution in [0.2, 0.25) is 0 Å². The number of aliphatic hydroxyl groups excluding tert-OH is 1. The molecule has 0 aliphatic carbocycles. The van der Waals surface area contributed by atoms with E-state index in [2.05, 4.69) is 9.97 Å². The summed E-state index contributed by atoms with van der Waals surface area (Å²) in [6.45, 7) is 4.56. The van der Waals surface area contributed by atoms with Gasteiger partial charge in [-0.05, 0) is 19.9 Å². The van der Waals surface area contributed by atoms with Crippen LogP contribution in [0.1, 0.15) is 25.8 Å². The van der Waals surface area contributed by atoms with Crippen molar-refractivity contribution in [2.75, 3.05) is 0 Å². The highest BCUT2D eigenvalue weighted by molar-refractivity contribution is 5.74. The Bertz CT molecular complexity index is 448. The van der Waals surface area contributed by atoms with Gasteiger partial charge in [0.1, 0.15) is 17.4 Å². The molecule has 0 aromatic carbocycles. The molecule has 0 aliphatic heterocycles. The van der Waals surface area contributed by atoms with E-state index in [1.807, 2.05) is 17.6 Å². The molecule has 74 valence electrons. The third kappa shape index (κ3) is 1.28. The summed E-state index contributed by atoms with van der Waals surface area (Å²) < 4.78 is 2.00. The summed E-state index contributed by atoms with van der Waals surface area (Å²) in [5, 5.41) is 9.53. The Morgan fingerprint density at radius 1 is 1.57 bits per heavy atom. The van der Waals surface area contributed by atoms with E-state index in [0.717, 1.165) is 17.6 Å². The number of hydrogen-bond acceptors (Lipinski definition) is 3. The minimum atomic E-state index is -0.539. The molecule has 0 bridgehead atoms. The van der Waals surface area contributed by atoms with Crippen molar-refractivity contribution in [1.29, 1.82) is 0 Å². The molecule has 1 N–H and O–H groups in total. The highest BCUT2D eigenvalue weighted by atomic mass is 16.3. The number of aromatic nitrogens is 3. The SMILES string of the molecule is CCn1c(C(C)O)nc2cnccc21. The van der Waals surface area contributed by atoms with E-state index in [-0.39, 0.29) is 0 Å². The molecule has 0 saturated carbocycles. The Labute approximate surface area is 82.2 Å². The lowest BCUT2D eigenvalue weighted by Gasteiger charge is -2.07. The average Bonchev–Trinajstić information content (AvgIpc) is 2.56. The molecule has 0 spiro atoms. The zero-order valence-corrected chi connectivity index (χ0v) is 8.31. The van der Waals surface area contributed by atoms with E-state index in [0.29, 0.717) is 5.82 Å². The summed E-state index contributed by atoms with van der Waals surface area (Å²) in [6, 6.07) is 1.91. The highest BCUT2D eigenvalue weighted by Gasteiger charge is 2.12. The first-order valence-electron chi connectivity index (χ1n) is 4.72. The first-order valence-corrected chi connectivity index (χ1v) is 4.72. The van der Waals surface area contributed by atoms with Crippen molar-refractivity contribution in [2.45, 2.75) is 26.5 Å². The van der Waals surface area contributed by atoms with E-state index in [1.54, 1.807) is 19.3 Å². The van der Waals surface area contributed by atoms with Crippen molar-refractivity contribution in [2.24, 2.45) is 0 Å². The third-order valence-electron chi connectivity index (χ3n) is 2.27. The fourth-order valence-electron chi connectivity index (χ4n) is 1.65. The van der Waals surface area contributed by atoms with Crippen LogP contribution < -0.4 is 0 Å². The first-order chi connectivity index (χ1) is 6.74. The van der Waals surface area contributed by atoms with Gasteiger partial charge < -0.3 is 9.67 Å². The summed E-state index contributed by atoms with van der Waals surface area (Å²) in [6.07, 6.45) is 2.91. The molecule has 0 fully saturated rings. The lowest BCUT2D eigenvalue weighted by molar-refractivity contribution is 0.184. The van der Waals surface area contributed by atoms with Gasteiger partial charge in [-0.25, -0.2) is 4.98 Å². The molecule has 0 saturated heterocycles. The van der Waals surface area contributed by atoms with Gasteiger partial charge in [0.25, 0.3) is 0 Å². The predicted octanol–water partition coefficient (Wildman–Crippen LogP) is 1.50. The molecule has 2 aromatic heterocycles. The van der Waals surface area contributed by atoms with Gasteiger partial charge in [-0.15, -0.1) is 0 Å². The van der Waals surface area contributed by atoms with Crippen LogP contribution in [0.5, 0.6) is 0 Å². The maximum Gasteiger partial charge on any atom is 0.138 e. The molecule has 2 rings (SSSR count). The van der Waals surface area contributed by atoms with Gasteiger partial charge in [-0.3, -0.25) is 4.98 Å². The number of rotatable bonds is 2. The molecular weight excluding hydrogens is 178 g/mol. The number of hydrogen-bond donors (Lipinski definition) is 1. The second-order valence-electron chi connectivity index (χ2n) is 3.25. The number of aryl methyl sites for hydroxylation is 1. The molecule has 2 aromatic rings. The molecule has 0 amide bonds. The van der Waals surface area contributed by atoms with Gasteiger partial charge in [0.2, 0.25) is 0 Å². The monoisotopic (exact) mass is 191 g/mol. The molecule has 14 heavy (non-hydrogen) atoms. The normalized spacial score (nSPS) is 13.4. The second-order valence-corrected chi connectivity index (χ2v) is 3.25. The van der Waals surface area contributed by atoms with Crippen molar-refractivity contribution in [1.82, 2.24) is 14.5 Å². The van der Waals surface area contributed by atoms with Crippen LogP contribution in [0, 0.1) is 0 Å². The average molecular weight is 191 g/mol. The van der Waals surface area contributed by atoms with Gasteiger partial charge in [-0.2, -0.15) is 0 Å². The smallest absolute Gasteiger partial charge is 0.138 e.